The molecule has 2 aromatic carbocycles. The second kappa shape index (κ2) is 11.9. The first-order valence-electron chi connectivity index (χ1n) is 14.1. The van der Waals surface area contributed by atoms with Gasteiger partial charge in [0.2, 0.25) is 0 Å². The SMILES string of the molecule is [3H]c1c(C(C)C(=C)C(=O)Oc2ccccc2CCCCC)c(O)c(C(C)(C)CC)c([3H])c1C(C)(C)CC. The number of ether oxygens (including phenoxy) is 1. The predicted octanol–water partition coefficient (Wildman–Crippen LogP) is 8.77. The highest BCUT2D eigenvalue weighted by molar-refractivity contribution is 5.91. The summed E-state index contributed by atoms with van der Waals surface area (Å²) in [5.41, 5.74) is 1.66. The number of hydrogen-bond donors (Lipinski definition) is 1. The molecule has 0 aromatic heterocycles. The topological polar surface area (TPSA) is 46.5 Å². The summed E-state index contributed by atoms with van der Waals surface area (Å²) in [6, 6.07) is 7.87. The third kappa shape index (κ3) is 6.78. The fraction of sp³-hybridized carbons (Fsp3) is 0.531. The third-order valence-electron chi connectivity index (χ3n) is 7.57. The predicted molar refractivity (Wildman–Crippen MR) is 148 cm³/mol. The van der Waals surface area contributed by atoms with Gasteiger partial charge in [-0.1, -0.05) is 105 Å². The van der Waals surface area contributed by atoms with Gasteiger partial charge >= 0.3 is 5.97 Å². The molecule has 0 radical (unpaired) electrons. The molecule has 0 aliphatic heterocycles. The maximum atomic E-state index is 13.3. The Morgan fingerprint density at radius 1 is 1.06 bits per heavy atom. The van der Waals surface area contributed by atoms with E-state index in [2.05, 4.69) is 13.5 Å². The van der Waals surface area contributed by atoms with E-state index in [1.807, 2.05) is 59.7 Å². The number of carbonyl (C=O) groups is 1. The summed E-state index contributed by atoms with van der Waals surface area (Å²) in [4.78, 5) is 13.3. The van der Waals surface area contributed by atoms with Gasteiger partial charge in [0, 0.05) is 22.6 Å². The summed E-state index contributed by atoms with van der Waals surface area (Å²) >= 11 is 0. The van der Waals surface area contributed by atoms with Crippen LogP contribution in [0.3, 0.4) is 0 Å². The van der Waals surface area contributed by atoms with Crippen LogP contribution in [0.2, 0.25) is 0 Å². The fourth-order valence-corrected chi connectivity index (χ4v) is 3.93. The average molecular weight is 483 g/mol. The molecule has 0 aliphatic rings. The highest BCUT2D eigenvalue weighted by Crippen LogP contribution is 2.43. The van der Waals surface area contributed by atoms with Crippen LogP contribution in [-0.4, -0.2) is 11.1 Å². The van der Waals surface area contributed by atoms with Gasteiger partial charge < -0.3 is 9.84 Å². The summed E-state index contributed by atoms with van der Waals surface area (Å²) in [6.07, 6.45) is 5.50. The molecule has 3 heteroatoms. The van der Waals surface area contributed by atoms with Gasteiger partial charge in [-0.2, -0.15) is 0 Å². The molecule has 3 nitrogen and oxygen atoms in total. The Labute approximate surface area is 216 Å². The van der Waals surface area contributed by atoms with Gasteiger partial charge in [-0.15, -0.1) is 0 Å². The Kier molecular flexibility index (Phi) is 8.70. The lowest BCUT2D eigenvalue weighted by atomic mass is 9.73. The molecular weight excluding hydrogens is 432 g/mol. The van der Waals surface area contributed by atoms with E-state index in [4.69, 9.17) is 7.48 Å². The Hall–Kier alpha value is -2.55. The van der Waals surface area contributed by atoms with Crippen molar-refractivity contribution in [2.45, 2.75) is 111 Å². The van der Waals surface area contributed by atoms with Crippen molar-refractivity contribution in [3.8, 4) is 11.5 Å². The highest BCUT2D eigenvalue weighted by atomic mass is 16.5. The molecule has 1 atom stereocenters. The van der Waals surface area contributed by atoms with Crippen molar-refractivity contribution >= 4 is 5.97 Å². The lowest BCUT2D eigenvalue weighted by molar-refractivity contribution is -0.130. The first kappa shape index (κ1) is 25.5. The number of hydrogen-bond acceptors (Lipinski definition) is 3. The van der Waals surface area contributed by atoms with Crippen molar-refractivity contribution in [1.29, 1.82) is 0 Å². The summed E-state index contributed by atoms with van der Waals surface area (Å²) in [7, 11) is 0. The number of aromatic hydroxyl groups is 1. The van der Waals surface area contributed by atoms with Crippen molar-refractivity contribution in [3.05, 3.63) is 70.8 Å². The first-order valence-corrected chi connectivity index (χ1v) is 13.1. The monoisotopic (exact) mass is 482 g/mol. The van der Waals surface area contributed by atoms with Gasteiger partial charge in [-0.3, -0.25) is 0 Å². The van der Waals surface area contributed by atoms with E-state index in [-0.39, 0.29) is 23.4 Å². The molecule has 35 heavy (non-hydrogen) atoms. The van der Waals surface area contributed by atoms with Gasteiger partial charge in [0.25, 0.3) is 0 Å². The van der Waals surface area contributed by atoms with E-state index in [9.17, 15) is 9.90 Å². The zero-order valence-corrected chi connectivity index (χ0v) is 23.1. The minimum atomic E-state index is -0.661. The van der Waals surface area contributed by atoms with Crippen molar-refractivity contribution in [1.82, 2.24) is 0 Å². The minimum absolute atomic E-state index is 0.0843. The van der Waals surface area contributed by atoms with Gasteiger partial charge in [-0.25, -0.2) is 4.79 Å². The highest BCUT2D eigenvalue weighted by Gasteiger charge is 2.31. The molecule has 0 saturated heterocycles. The van der Waals surface area contributed by atoms with Crippen LogP contribution in [0.1, 0.15) is 118 Å². The van der Waals surface area contributed by atoms with Crippen LogP contribution in [0.15, 0.2) is 48.5 Å². The Balaban J connectivity index is 2.56. The smallest absolute Gasteiger partial charge is 0.339 e. The Morgan fingerprint density at radius 2 is 1.69 bits per heavy atom. The van der Waals surface area contributed by atoms with Gasteiger partial charge in [0.1, 0.15) is 11.5 Å². The number of aryl methyl sites for hydroxylation is 1. The minimum Gasteiger partial charge on any atom is -0.507 e. The number of carbonyl (C=O) groups excluding carboxylic acids is 1. The molecule has 1 N–H and O–H groups in total. The van der Waals surface area contributed by atoms with E-state index >= 15 is 0 Å². The molecule has 2 aromatic rings. The van der Waals surface area contributed by atoms with Crippen LogP contribution in [0, 0.1) is 0 Å². The molecule has 1 unspecified atom stereocenters. The van der Waals surface area contributed by atoms with Crippen molar-refractivity contribution in [2.75, 3.05) is 0 Å². The molecule has 192 valence electrons. The lowest BCUT2D eigenvalue weighted by Gasteiger charge is -2.32. The molecule has 0 fully saturated rings. The maximum absolute atomic E-state index is 13.3. The van der Waals surface area contributed by atoms with Crippen LogP contribution in [0.4, 0.5) is 0 Å². The van der Waals surface area contributed by atoms with Gasteiger partial charge in [0.15, 0.2) is 0 Å². The second-order valence-corrected chi connectivity index (χ2v) is 10.9. The number of unbranched alkanes of at least 4 members (excludes halogenated alkanes) is 2. The van der Waals surface area contributed by atoms with Crippen LogP contribution in [-0.2, 0) is 22.0 Å². The summed E-state index contributed by atoms with van der Waals surface area (Å²) in [6.45, 7) is 20.1. The van der Waals surface area contributed by atoms with E-state index < -0.39 is 22.7 Å². The van der Waals surface area contributed by atoms with Gasteiger partial charge in [0.05, 0.1) is 2.74 Å². The molecular formula is C32H46O3. The van der Waals surface area contributed by atoms with Crippen LogP contribution < -0.4 is 4.74 Å². The molecule has 2 rings (SSSR count). The van der Waals surface area contributed by atoms with Gasteiger partial charge in [-0.05, 0) is 53.7 Å². The molecule has 0 bridgehead atoms. The molecule has 0 spiro atoms. The van der Waals surface area contributed by atoms with E-state index in [1.165, 1.54) is 0 Å². The van der Waals surface area contributed by atoms with Crippen molar-refractivity contribution in [3.63, 3.8) is 0 Å². The summed E-state index contributed by atoms with van der Waals surface area (Å²) < 4.78 is 23.9. The van der Waals surface area contributed by atoms with E-state index in [0.29, 0.717) is 28.9 Å². The number of benzene rings is 2. The lowest BCUT2D eigenvalue weighted by Crippen LogP contribution is -2.22. The molecule has 0 amide bonds. The maximum Gasteiger partial charge on any atom is 0.339 e. The standard InChI is InChI=1S/C32H46O3/c1-10-13-14-17-24-18-15-16-19-28(24)35-30(34)23(5)22(4)26-20-25(31(6,7)11-2)21-27(29(26)33)32(8,9)12-3/h15-16,18-22,33H,5,10-14,17H2,1-4,6-9H3/i20T,21T. The van der Waals surface area contributed by atoms with Crippen molar-refractivity contribution < 1.29 is 17.4 Å². The average Bonchev–Trinajstić information content (AvgIpc) is 2.84. The van der Waals surface area contributed by atoms with E-state index in [1.54, 1.807) is 13.0 Å². The fourth-order valence-electron chi connectivity index (χ4n) is 3.93. The third-order valence-corrected chi connectivity index (χ3v) is 7.57. The largest absolute Gasteiger partial charge is 0.507 e. The Morgan fingerprint density at radius 3 is 2.29 bits per heavy atom. The van der Waals surface area contributed by atoms with E-state index in [0.717, 1.165) is 37.7 Å². The van der Waals surface area contributed by atoms with Crippen molar-refractivity contribution in [2.24, 2.45) is 0 Å². The summed E-state index contributed by atoms with van der Waals surface area (Å²) in [5, 5.41) is 11.5. The molecule has 0 heterocycles. The zero-order valence-electron chi connectivity index (χ0n) is 25.1. The normalized spacial score (nSPS) is 13.7. The Bertz CT molecular complexity index is 1090. The molecule has 0 saturated carbocycles. The zero-order chi connectivity index (χ0) is 28.1. The quantitative estimate of drug-likeness (QED) is 0.142. The number of esters is 1. The number of phenols is 1. The van der Waals surface area contributed by atoms with Crippen LogP contribution in [0.25, 0.3) is 0 Å². The second-order valence-electron chi connectivity index (χ2n) is 10.9. The van der Waals surface area contributed by atoms with Crippen LogP contribution >= 0.6 is 0 Å². The number of para-hydroxylation sites is 1. The van der Waals surface area contributed by atoms with Crippen LogP contribution in [0.5, 0.6) is 11.5 Å². The summed E-state index contributed by atoms with van der Waals surface area (Å²) in [5.74, 6) is -0.796. The number of phenolic OH excluding ortho intramolecular Hbond substituents is 1. The number of rotatable bonds is 12. The molecule has 0 aliphatic carbocycles. The first-order chi connectivity index (χ1) is 17.2.